The Hall–Kier alpha value is -1.62. The summed E-state index contributed by atoms with van der Waals surface area (Å²) in [6.45, 7) is 2.31. The van der Waals surface area contributed by atoms with Crippen LogP contribution in [0.3, 0.4) is 0 Å². The van der Waals surface area contributed by atoms with Crippen LogP contribution in [-0.4, -0.2) is 30.3 Å². The zero-order valence-electron chi connectivity index (χ0n) is 8.94. The van der Waals surface area contributed by atoms with Crippen molar-refractivity contribution in [2.75, 3.05) is 13.2 Å². The molecule has 2 N–H and O–H groups in total. The zero-order chi connectivity index (χ0) is 12.0. The van der Waals surface area contributed by atoms with Crippen molar-refractivity contribution in [1.82, 2.24) is 5.32 Å². The van der Waals surface area contributed by atoms with Crippen molar-refractivity contribution in [2.45, 2.75) is 13.0 Å². The van der Waals surface area contributed by atoms with Gasteiger partial charge in [0.05, 0.1) is 0 Å². The highest BCUT2D eigenvalue weighted by Gasteiger charge is 2.08. The first-order chi connectivity index (χ1) is 7.59. The van der Waals surface area contributed by atoms with Gasteiger partial charge in [0.2, 0.25) is 0 Å². The summed E-state index contributed by atoms with van der Waals surface area (Å²) in [5.41, 5.74) is 0. The van der Waals surface area contributed by atoms with E-state index in [4.69, 9.17) is 9.84 Å². The quantitative estimate of drug-likeness (QED) is 0.718. The maximum absolute atomic E-state index is 12.5. The summed E-state index contributed by atoms with van der Waals surface area (Å²) in [6.07, 6.45) is 0. The number of aliphatic carboxylic acids is 1. The van der Waals surface area contributed by atoms with Gasteiger partial charge in [0.1, 0.15) is 24.2 Å². The number of nitrogens with one attached hydrogen (secondary N) is 1. The molecule has 0 fully saturated rings. The Morgan fingerprint density at radius 2 is 2.12 bits per heavy atom. The third-order valence-corrected chi connectivity index (χ3v) is 2.01. The average Bonchev–Trinajstić information content (AvgIpc) is 2.26. The van der Waals surface area contributed by atoms with Gasteiger partial charge in [-0.15, -0.1) is 0 Å². The molecule has 1 aromatic carbocycles. The first kappa shape index (κ1) is 12.4. The Balaban J connectivity index is 2.21. The molecule has 0 radical (unpaired) electrons. The minimum Gasteiger partial charge on any atom is -0.492 e. The molecule has 0 spiro atoms. The zero-order valence-corrected chi connectivity index (χ0v) is 8.94. The summed E-state index contributed by atoms with van der Waals surface area (Å²) in [5.74, 6) is -0.655. The van der Waals surface area contributed by atoms with E-state index in [1.54, 1.807) is 6.92 Å². The molecular weight excluding hydrogens is 213 g/mol. The van der Waals surface area contributed by atoms with Crippen LogP contribution in [0.4, 0.5) is 4.39 Å². The largest absolute Gasteiger partial charge is 0.492 e. The lowest BCUT2D eigenvalue weighted by molar-refractivity contribution is -0.139. The molecule has 0 bridgehead atoms. The van der Waals surface area contributed by atoms with E-state index in [2.05, 4.69) is 5.32 Å². The van der Waals surface area contributed by atoms with E-state index >= 15 is 0 Å². The lowest BCUT2D eigenvalue weighted by atomic mass is 10.3. The first-order valence-electron chi connectivity index (χ1n) is 4.94. The van der Waals surface area contributed by atoms with E-state index in [1.165, 1.54) is 24.3 Å². The van der Waals surface area contributed by atoms with E-state index in [0.717, 1.165) is 0 Å². The lowest BCUT2D eigenvalue weighted by Crippen LogP contribution is -2.36. The van der Waals surface area contributed by atoms with Crippen molar-refractivity contribution in [3.05, 3.63) is 30.1 Å². The van der Waals surface area contributed by atoms with Gasteiger partial charge < -0.3 is 15.2 Å². The maximum atomic E-state index is 12.5. The van der Waals surface area contributed by atoms with Crippen molar-refractivity contribution < 1.29 is 19.0 Å². The smallest absolute Gasteiger partial charge is 0.320 e. The molecule has 88 valence electrons. The Kier molecular flexibility index (Phi) is 4.72. The summed E-state index contributed by atoms with van der Waals surface area (Å²) >= 11 is 0. The number of halogens is 1. The van der Waals surface area contributed by atoms with Crippen LogP contribution in [0.15, 0.2) is 24.3 Å². The van der Waals surface area contributed by atoms with Crippen molar-refractivity contribution in [1.29, 1.82) is 0 Å². The van der Waals surface area contributed by atoms with E-state index in [0.29, 0.717) is 18.9 Å². The van der Waals surface area contributed by atoms with E-state index < -0.39 is 12.0 Å². The summed E-state index contributed by atoms with van der Waals surface area (Å²) in [4.78, 5) is 10.5. The predicted molar refractivity (Wildman–Crippen MR) is 57.0 cm³/mol. The molecule has 5 heteroatoms. The molecular formula is C11H14FNO3. The topological polar surface area (TPSA) is 58.6 Å². The third kappa shape index (κ3) is 4.27. The van der Waals surface area contributed by atoms with Crippen molar-refractivity contribution >= 4 is 5.97 Å². The van der Waals surface area contributed by atoms with Gasteiger partial charge in [0, 0.05) is 6.54 Å². The monoisotopic (exact) mass is 227 g/mol. The predicted octanol–water partition coefficient (Wildman–Crippen LogP) is 1.27. The van der Waals surface area contributed by atoms with Crippen LogP contribution in [0, 0.1) is 5.82 Å². The van der Waals surface area contributed by atoms with Crippen LogP contribution in [0.2, 0.25) is 0 Å². The summed E-state index contributed by atoms with van der Waals surface area (Å²) in [6, 6.07) is 5.06. The summed E-state index contributed by atoms with van der Waals surface area (Å²) < 4.78 is 17.8. The fourth-order valence-corrected chi connectivity index (χ4v) is 1.06. The van der Waals surface area contributed by atoms with Gasteiger partial charge in [-0.3, -0.25) is 4.79 Å². The molecule has 0 amide bonds. The van der Waals surface area contributed by atoms with Gasteiger partial charge in [-0.25, -0.2) is 4.39 Å². The maximum Gasteiger partial charge on any atom is 0.320 e. The SMILES string of the molecule is CC(NCCOc1ccc(F)cc1)C(=O)O. The molecule has 1 aromatic rings. The number of benzene rings is 1. The molecule has 1 rings (SSSR count). The minimum absolute atomic E-state index is 0.315. The van der Waals surface area contributed by atoms with Gasteiger partial charge in [-0.05, 0) is 31.2 Å². The second kappa shape index (κ2) is 6.07. The van der Waals surface area contributed by atoms with E-state index in [9.17, 15) is 9.18 Å². The fraction of sp³-hybridized carbons (Fsp3) is 0.364. The third-order valence-electron chi connectivity index (χ3n) is 2.01. The molecule has 0 saturated carbocycles. The number of hydrogen-bond acceptors (Lipinski definition) is 3. The van der Waals surface area contributed by atoms with Crippen LogP contribution < -0.4 is 10.1 Å². The molecule has 0 aliphatic rings. The lowest BCUT2D eigenvalue weighted by Gasteiger charge is -2.10. The molecule has 0 aromatic heterocycles. The Morgan fingerprint density at radius 1 is 1.50 bits per heavy atom. The molecule has 16 heavy (non-hydrogen) atoms. The highest BCUT2D eigenvalue weighted by Crippen LogP contribution is 2.10. The van der Waals surface area contributed by atoms with Crippen LogP contribution in [0.25, 0.3) is 0 Å². The summed E-state index contributed by atoms with van der Waals surface area (Å²) in [5, 5.41) is 11.3. The van der Waals surface area contributed by atoms with Gasteiger partial charge >= 0.3 is 5.97 Å². The van der Waals surface area contributed by atoms with Gasteiger partial charge in [0.25, 0.3) is 0 Å². The van der Waals surface area contributed by atoms with Crippen molar-refractivity contribution in [3.63, 3.8) is 0 Å². The van der Waals surface area contributed by atoms with Gasteiger partial charge in [-0.1, -0.05) is 0 Å². The average molecular weight is 227 g/mol. The number of ether oxygens (including phenoxy) is 1. The van der Waals surface area contributed by atoms with Gasteiger partial charge in [0.15, 0.2) is 0 Å². The number of hydrogen-bond donors (Lipinski definition) is 2. The normalized spacial score (nSPS) is 12.1. The number of carboxylic acids is 1. The van der Waals surface area contributed by atoms with Crippen LogP contribution in [0.1, 0.15) is 6.92 Å². The van der Waals surface area contributed by atoms with Crippen molar-refractivity contribution in [2.24, 2.45) is 0 Å². The minimum atomic E-state index is -0.901. The highest BCUT2D eigenvalue weighted by atomic mass is 19.1. The second-order valence-corrected chi connectivity index (χ2v) is 3.32. The number of rotatable bonds is 6. The van der Waals surface area contributed by atoms with E-state index in [-0.39, 0.29) is 5.82 Å². The summed E-state index contributed by atoms with van der Waals surface area (Å²) in [7, 11) is 0. The van der Waals surface area contributed by atoms with E-state index in [1.807, 2.05) is 0 Å². The molecule has 0 heterocycles. The molecule has 0 aliphatic carbocycles. The molecule has 4 nitrogen and oxygen atoms in total. The standard InChI is InChI=1S/C11H14FNO3/c1-8(11(14)15)13-6-7-16-10-4-2-9(12)3-5-10/h2-5,8,13H,6-7H2,1H3,(H,14,15). The number of carboxylic acid groups (broad SMARTS) is 1. The van der Waals surface area contributed by atoms with Crippen LogP contribution >= 0.6 is 0 Å². The fourth-order valence-electron chi connectivity index (χ4n) is 1.06. The molecule has 0 saturated heterocycles. The molecule has 1 unspecified atom stereocenters. The second-order valence-electron chi connectivity index (χ2n) is 3.32. The van der Waals surface area contributed by atoms with Crippen molar-refractivity contribution in [3.8, 4) is 5.75 Å². The Bertz CT molecular complexity index is 340. The molecule has 1 atom stereocenters. The Labute approximate surface area is 93.0 Å². The van der Waals surface area contributed by atoms with Crippen LogP contribution in [0.5, 0.6) is 5.75 Å². The highest BCUT2D eigenvalue weighted by molar-refractivity contribution is 5.72. The Morgan fingerprint density at radius 3 is 2.69 bits per heavy atom. The molecule has 0 aliphatic heterocycles. The van der Waals surface area contributed by atoms with Gasteiger partial charge in [-0.2, -0.15) is 0 Å². The van der Waals surface area contributed by atoms with Crippen LogP contribution in [-0.2, 0) is 4.79 Å². The first-order valence-corrected chi connectivity index (χ1v) is 4.94. The number of carbonyl (C=O) groups is 1.